The molecule has 2 aromatic carbocycles. The number of aryl methyl sites for hydroxylation is 2. The largest absolute Gasteiger partial charge is 0.493 e. The predicted octanol–water partition coefficient (Wildman–Crippen LogP) is 9.66. The zero-order valence-corrected chi connectivity index (χ0v) is 35.2. The Labute approximate surface area is 319 Å². The van der Waals surface area contributed by atoms with Crippen molar-refractivity contribution in [2.45, 2.75) is 80.3 Å². The van der Waals surface area contributed by atoms with Crippen molar-refractivity contribution in [1.82, 2.24) is 19.6 Å². The van der Waals surface area contributed by atoms with E-state index < -0.39 is 20.1 Å². The Morgan fingerprint density at radius 1 is 0.804 bits per heavy atom. The molecular formula is C37H51Br2N5O6Si. The summed E-state index contributed by atoms with van der Waals surface area (Å²) in [5.41, 5.74) is 3.77. The van der Waals surface area contributed by atoms with Crippen molar-refractivity contribution < 1.29 is 28.9 Å². The Hall–Kier alpha value is -3.62. The van der Waals surface area contributed by atoms with Crippen molar-refractivity contribution in [2.75, 3.05) is 25.1 Å². The number of nitrogens with one attached hydrogen (secondary N) is 1. The van der Waals surface area contributed by atoms with E-state index >= 15 is 0 Å². The molecule has 4 rings (SSSR count). The molecule has 14 heteroatoms. The summed E-state index contributed by atoms with van der Waals surface area (Å²) in [5, 5.41) is 20.4. The molecule has 0 bridgehead atoms. The van der Waals surface area contributed by atoms with Gasteiger partial charge in [-0.25, -0.2) is 9.59 Å². The molecule has 0 aliphatic heterocycles. The fourth-order valence-corrected chi connectivity index (χ4v) is 6.09. The number of nitrogens with zero attached hydrogens (tertiary/aromatic N) is 4. The van der Waals surface area contributed by atoms with Gasteiger partial charge >= 0.3 is 12.1 Å². The van der Waals surface area contributed by atoms with E-state index in [9.17, 15) is 9.59 Å². The lowest BCUT2D eigenvalue weighted by molar-refractivity contribution is 0.0689. The number of benzene rings is 2. The maximum Gasteiger partial charge on any atom is 0.412 e. The van der Waals surface area contributed by atoms with Crippen LogP contribution in [-0.2, 0) is 17.8 Å². The highest BCUT2D eigenvalue weighted by Crippen LogP contribution is 2.27. The minimum atomic E-state index is -1.23. The number of carboxylic acid groups (broad SMARTS) is 1. The molecule has 51 heavy (non-hydrogen) atoms. The van der Waals surface area contributed by atoms with Gasteiger partial charge in [0.1, 0.15) is 11.5 Å². The predicted molar refractivity (Wildman–Crippen MR) is 211 cm³/mol. The molecule has 0 aliphatic rings. The zero-order valence-electron chi connectivity index (χ0n) is 31.0. The van der Waals surface area contributed by atoms with Crippen molar-refractivity contribution in [1.29, 1.82) is 0 Å². The number of rotatable bonds is 15. The van der Waals surface area contributed by atoms with E-state index in [0.717, 1.165) is 49.0 Å². The molecule has 278 valence electrons. The number of halogens is 2. The molecule has 0 unspecified atom stereocenters. The number of aromatic carboxylic acids is 1. The van der Waals surface area contributed by atoms with E-state index in [4.69, 9.17) is 19.3 Å². The molecule has 0 atom stereocenters. The van der Waals surface area contributed by atoms with Gasteiger partial charge in [0.15, 0.2) is 11.5 Å². The van der Waals surface area contributed by atoms with Gasteiger partial charge in [0.2, 0.25) is 0 Å². The van der Waals surface area contributed by atoms with Gasteiger partial charge in [-0.2, -0.15) is 10.2 Å². The van der Waals surface area contributed by atoms with Crippen LogP contribution < -0.4 is 14.8 Å². The minimum Gasteiger partial charge on any atom is -0.493 e. The van der Waals surface area contributed by atoms with Crippen LogP contribution in [0.15, 0.2) is 57.5 Å². The maximum absolute atomic E-state index is 12.0. The molecule has 0 saturated carbocycles. The third-order valence-electron chi connectivity index (χ3n) is 7.33. The van der Waals surface area contributed by atoms with Crippen LogP contribution in [0.4, 0.5) is 10.6 Å². The smallest absolute Gasteiger partial charge is 0.412 e. The van der Waals surface area contributed by atoms with Crippen molar-refractivity contribution in [2.24, 2.45) is 11.8 Å². The number of hydrogen-bond acceptors (Lipinski definition) is 7. The third-order valence-corrected chi connectivity index (χ3v) is 10.0. The summed E-state index contributed by atoms with van der Waals surface area (Å²) in [7, 11) is -1.23. The number of carbonyl (C=O) groups excluding carboxylic acids is 1. The van der Waals surface area contributed by atoms with Gasteiger partial charge in [0, 0.05) is 45.6 Å². The lowest BCUT2D eigenvalue weighted by atomic mass is 10.2. The van der Waals surface area contributed by atoms with Gasteiger partial charge in [-0.05, 0) is 74.2 Å². The van der Waals surface area contributed by atoms with Crippen LogP contribution in [-0.4, -0.2) is 64.6 Å². The van der Waals surface area contributed by atoms with Crippen molar-refractivity contribution in [3.8, 4) is 11.5 Å². The molecule has 0 saturated heterocycles. The Kier molecular flexibility index (Phi) is 15.8. The van der Waals surface area contributed by atoms with Crippen molar-refractivity contribution >= 4 is 57.8 Å². The first-order chi connectivity index (χ1) is 23.9. The monoisotopic (exact) mass is 847 g/mol. The average molecular weight is 850 g/mol. The first-order valence-corrected chi connectivity index (χ1v) is 22.3. The molecule has 11 nitrogen and oxygen atoms in total. The summed E-state index contributed by atoms with van der Waals surface area (Å²) in [6.45, 7) is 21.7. The summed E-state index contributed by atoms with van der Waals surface area (Å²) < 4.78 is 22.5. The maximum atomic E-state index is 12.0. The fourth-order valence-electron chi connectivity index (χ4n) is 4.56. The first-order valence-electron chi connectivity index (χ1n) is 17.0. The second-order valence-corrected chi connectivity index (χ2v) is 21.9. The van der Waals surface area contributed by atoms with E-state index in [2.05, 4.69) is 94.7 Å². The van der Waals surface area contributed by atoms with E-state index in [1.807, 2.05) is 61.0 Å². The molecule has 0 aliphatic carbocycles. The summed E-state index contributed by atoms with van der Waals surface area (Å²) in [4.78, 5) is 23.0. The van der Waals surface area contributed by atoms with E-state index in [1.54, 1.807) is 10.7 Å². The van der Waals surface area contributed by atoms with Crippen molar-refractivity contribution in [3.05, 3.63) is 85.7 Å². The summed E-state index contributed by atoms with van der Waals surface area (Å²) in [6, 6.07) is 16.1. The van der Waals surface area contributed by atoms with E-state index in [-0.39, 0.29) is 5.69 Å². The molecule has 2 heterocycles. The van der Waals surface area contributed by atoms with Crippen LogP contribution in [0.1, 0.15) is 60.7 Å². The van der Waals surface area contributed by atoms with E-state index in [0.29, 0.717) is 50.6 Å². The molecule has 4 aromatic rings. The molecule has 0 fully saturated rings. The van der Waals surface area contributed by atoms with Gasteiger partial charge < -0.3 is 19.3 Å². The molecule has 0 radical (unpaired) electrons. The Morgan fingerprint density at radius 2 is 1.29 bits per heavy atom. The Balaban J connectivity index is 0.000000286. The summed E-state index contributed by atoms with van der Waals surface area (Å²) in [6.07, 6.45) is -0.462. The average Bonchev–Trinajstić information content (AvgIpc) is 3.56. The highest BCUT2D eigenvalue weighted by molar-refractivity contribution is 9.10. The number of carboxylic acids is 1. The summed E-state index contributed by atoms with van der Waals surface area (Å²) >= 11 is 6.99. The molecule has 2 N–H and O–H groups in total. The first kappa shape index (κ1) is 41.8. The summed E-state index contributed by atoms with van der Waals surface area (Å²) in [5.74, 6) is 1.98. The highest BCUT2D eigenvalue weighted by Gasteiger charge is 2.16. The standard InChI is InChI=1S/C21H32BrN3O3Si.C16H19BrN2O3/c1-15(2)14-28-19-8-7-18(22)12-17(19)13-25-16(3)11-20(24-25)23-21(26)27-9-10-29(4,5)6;1-10(2)9-22-15-5-4-13(17)7-12(15)8-19-11(3)6-14(18-19)16(20)21/h7-8,11-12,15H,9-10,13-14H2,1-6H3,(H,23,24,26);4-7,10H,8-9H2,1-3H3,(H,20,21). The number of hydrogen-bond donors (Lipinski definition) is 2. The van der Waals surface area contributed by atoms with Crippen LogP contribution in [0, 0.1) is 25.7 Å². The van der Waals surface area contributed by atoms with Gasteiger partial charge in [0.05, 0.1) is 32.9 Å². The molecule has 0 spiro atoms. The van der Waals surface area contributed by atoms with E-state index in [1.165, 1.54) is 0 Å². The van der Waals surface area contributed by atoms with Crippen LogP contribution in [0.3, 0.4) is 0 Å². The second-order valence-electron chi connectivity index (χ2n) is 14.4. The molecule has 1 amide bonds. The Bertz CT molecular complexity index is 1770. The van der Waals surface area contributed by atoms with Gasteiger partial charge in [-0.1, -0.05) is 79.2 Å². The van der Waals surface area contributed by atoms with Crippen LogP contribution in [0.2, 0.25) is 25.7 Å². The number of aromatic nitrogens is 4. The lowest BCUT2D eigenvalue weighted by Crippen LogP contribution is -2.24. The van der Waals surface area contributed by atoms with Gasteiger partial charge in [-0.3, -0.25) is 14.7 Å². The quantitative estimate of drug-likeness (QED) is 0.113. The highest BCUT2D eigenvalue weighted by atomic mass is 79.9. The van der Waals surface area contributed by atoms with Crippen LogP contribution >= 0.6 is 31.9 Å². The Morgan fingerprint density at radius 3 is 1.75 bits per heavy atom. The zero-order chi connectivity index (χ0) is 37.9. The normalized spacial score (nSPS) is 11.3. The topological polar surface area (TPSA) is 130 Å². The minimum absolute atomic E-state index is 0.0529. The number of carbonyl (C=O) groups is 2. The number of anilines is 1. The number of amides is 1. The fraction of sp³-hybridized carbons (Fsp3) is 0.459. The third kappa shape index (κ3) is 14.5. The second kappa shape index (κ2) is 19.3. The lowest BCUT2D eigenvalue weighted by Gasteiger charge is -2.15. The number of ether oxygens (including phenoxy) is 3. The molecule has 2 aromatic heterocycles. The van der Waals surface area contributed by atoms with Crippen LogP contribution in [0.5, 0.6) is 11.5 Å². The SMILES string of the molecule is Cc1cc(C(=O)O)nn1Cc1cc(Br)ccc1OCC(C)C.Cc1cc(NC(=O)OCC[Si](C)(C)C)nn1Cc1cc(Br)ccc1OCC(C)C. The van der Waals surface area contributed by atoms with Gasteiger partial charge in [-0.15, -0.1) is 0 Å². The molecular weight excluding hydrogens is 798 g/mol. The van der Waals surface area contributed by atoms with Crippen LogP contribution in [0.25, 0.3) is 0 Å². The van der Waals surface area contributed by atoms with Gasteiger partial charge in [0.25, 0.3) is 0 Å². The van der Waals surface area contributed by atoms with Crippen molar-refractivity contribution in [3.63, 3.8) is 0 Å².